The van der Waals surface area contributed by atoms with Gasteiger partial charge in [-0.25, -0.2) is 9.97 Å². The number of anilines is 2. The Balaban J connectivity index is 1.35. The molecule has 4 rings (SSSR count). The number of para-hydroxylation sites is 2. The highest BCUT2D eigenvalue weighted by Gasteiger charge is 2.22. The van der Waals surface area contributed by atoms with Crippen molar-refractivity contribution in [1.29, 1.82) is 5.26 Å². The van der Waals surface area contributed by atoms with Gasteiger partial charge < -0.3 is 20.3 Å². The lowest BCUT2D eigenvalue weighted by Gasteiger charge is -2.26. The fourth-order valence-electron chi connectivity index (χ4n) is 3.58. The number of piperidine rings is 1. The van der Waals surface area contributed by atoms with Gasteiger partial charge in [-0.05, 0) is 43.9 Å². The number of carbonyl (C=O) groups is 1. The highest BCUT2D eigenvalue weighted by Crippen LogP contribution is 2.35. The molecule has 0 radical (unpaired) electrons. The molecule has 0 aliphatic carbocycles. The second-order valence-electron chi connectivity index (χ2n) is 7.28. The highest BCUT2D eigenvalue weighted by molar-refractivity contribution is 5.81. The maximum atomic E-state index is 12.2. The van der Waals surface area contributed by atoms with Gasteiger partial charge in [-0.2, -0.15) is 5.26 Å². The van der Waals surface area contributed by atoms with Crippen LogP contribution in [0, 0.1) is 11.3 Å². The van der Waals surface area contributed by atoms with Crippen molar-refractivity contribution < 1.29 is 9.53 Å². The Morgan fingerprint density at radius 1 is 1.23 bits per heavy atom. The third-order valence-electron chi connectivity index (χ3n) is 5.16. The lowest BCUT2D eigenvalue weighted by atomic mass is 10.1. The average molecular weight is 404 g/mol. The van der Waals surface area contributed by atoms with Crippen LogP contribution in [0.2, 0.25) is 0 Å². The predicted octanol–water partition coefficient (Wildman–Crippen LogP) is 3.38. The molecule has 1 amide bonds. The number of rotatable bonds is 6. The van der Waals surface area contributed by atoms with Crippen LogP contribution in [-0.4, -0.2) is 40.4 Å². The molecule has 0 saturated carbocycles. The first kappa shape index (κ1) is 19.7. The molecule has 0 spiro atoms. The molecule has 2 N–H and O–H groups in total. The van der Waals surface area contributed by atoms with Gasteiger partial charge in [0.05, 0.1) is 11.4 Å². The molecule has 0 unspecified atom stereocenters. The zero-order valence-electron chi connectivity index (χ0n) is 16.7. The molecule has 0 bridgehead atoms. The first-order valence-electron chi connectivity index (χ1n) is 10.3. The van der Waals surface area contributed by atoms with E-state index in [4.69, 9.17) is 4.74 Å². The summed E-state index contributed by atoms with van der Waals surface area (Å²) in [5.41, 5.74) is 1.58. The SMILES string of the molecule is N#CC(=C1Nc2ccccc2O1)c1ccnc(NCCCC(=O)N2CCCCC2)n1. The van der Waals surface area contributed by atoms with E-state index < -0.39 is 0 Å². The number of nitriles is 1. The summed E-state index contributed by atoms with van der Waals surface area (Å²) in [6.07, 6.45) is 6.23. The van der Waals surface area contributed by atoms with Crippen molar-refractivity contribution in [2.45, 2.75) is 32.1 Å². The van der Waals surface area contributed by atoms with Gasteiger partial charge in [-0.3, -0.25) is 4.79 Å². The van der Waals surface area contributed by atoms with E-state index in [1.54, 1.807) is 12.3 Å². The number of carbonyl (C=O) groups excluding carboxylic acids is 1. The Hall–Kier alpha value is -3.60. The van der Waals surface area contributed by atoms with E-state index in [1.807, 2.05) is 29.2 Å². The number of hydrogen-bond donors (Lipinski definition) is 2. The summed E-state index contributed by atoms with van der Waals surface area (Å²) in [6.45, 7) is 2.34. The zero-order valence-corrected chi connectivity index (χ0v) is 16.7. The Bertz CT molecular complexity index is 964. The van der Waals surface area contributed by atoms with Gasteiger partial charge in [0.25, 0.3) is 0 Å². The topological polar surface area (TPSA) is 103 Å². The van der Waals surface area contributed by atoms with Crippen LogP contribution in [0.25, 0.3) is 5.57 Å². The van der Waals surface area contributed by atoms with Crippen molar-refractivity contribution in [3.8, 4) is 11.8 Å². The standard InChI is InChI=1S/C22H24N6O2/c23-15-16(21-26-18-7-2-3-8-19(18)30-21)17-10-12-25-22(27-17)24-11-6-9-20(29)28-13-4-1-5-14-28/h2-3,7-8,10,12,26H,1,4-6,9,11,13-14H2,(H,24,25,27). The normalized spacial score (nSPS) is 16.7. The number of benzene rings is 1. The molecular formula is C22H24N6O2. The number of fused-ring (bicyclic) bond motifs is 1. The number of nitrogens with zero attached hydrogens (tertiary/aromatic N) is 4. The number of nitrogens with one attached hydrogen (secondary N) is 2. The fraction of sp³-hybridized carbons (Fsp3) is 0.364. The summed E-state index contributed by atoms with van der Waals surface area (Å²) >= 11 is 0. The molecule has 1 aromatic heterocycles. The minimum Gasteiger partial charge on any atom is -0.437 e. The van der Waals surface area contributed by atoms with Crippen molar-refractivity contribution in [2.75, 3.05) is 30.3 Å². The van der Waals surface area contributed by atoms with Gasteiger partial charge >= 0.3 is 0 Å². The van der Waals surface area contributed by atoms with Gasteiger partial charge in [0, 0.05) is 32.3 Å². The summed E-state index contributed by atoms with van der Waals surface area (Å²) in [5, 5.41) is 15.9. The summed E-state index contributed by atoms with van der Waals surface area (Å²) in [4.78, 5) is 22.9. The molecule has 30 heavy (non-hydrogen) atoms. The molecule has 0 atom stereocenters. The molecule has 8 heteroatoms. The summed E-state index contributed by atoms with van der Waals surface area (Å²) in [6, 6.07) is 11.3. The Labute approximate surface area is 175 Å². The summed E-state index contributed by atoms with van der Waals surface area (Å²) in [5.74, 6) is 1.66. The summed E-state index contributed by atoms with van der Waals surface area (Å²) in [7, 11) is 0. The van der Waals surface area contributed by atoms with Crippen LogP contribution < -0.4 is 15.4 Å². The number of hydrogen-bond acceptors (Lipinski definition) is 7. The molecule has 2 aromatic rings. The van der Waals surface area contributed by atoms with E-state index in [-0.39, 0.29) is 5.91 Å². The van der Waals surface area contributed by atoms with E-state index in [2.05, 4.69) is 26.7 Å². The highest BCUT2D eigenvalue weighted by atomic mass is 16.5. The average Bonchev–Trinajstić information content (AvgIpc) is 3.22. The number of ether oxygens (including phenoxy) is 1. The van der Waals surface area contributed by atoms with E-state index in [0.29, 0.717) is 48.2 Å². The molecule has 1 saturated heterocycles. The largest absolute Gasteiger partial charge is 0.437 e. The maximum absolute atomic E-state index is 12.2. The third-order valence-corrected chi connectivity index (χ3v) is 5.16. The maximum Gasteiger partial charge on any atom is 0.223 e. The lowest BCUT2D eigenvalue weighted by Crippen LogP contribution is -2.35. The van der Waals surface area contributed by atoms with Crippen LogP contribution >= 0.6 is 0 Å². The van der Waals surface area contributed by atoms with Crippen LogP contribution in [0.1, 0.15) is 37.8 Å². The fourth-order valence-corrected chi connectivity index (χ4v) is 3.58. The van der Waals surface area contributed by atoms with Gasteiger partial charge in [-0.15, -0.1) is 0 Å². The molecule has 2 aliphatic rings. The van der Waals surface area contributed by atoms with E-state index in [1.165, 1.54) is 6.42 Å². The molecule has 154 valence electrons. The van der Waals surface area contributed by atoms with Gasteiger partial charge in [0.15, 0.2) is 5.75 Å². The minimum absolute atomic E-state index is 0.215. The van der Waals surface area contributed by atoms with E-state index in [9.17, 15) is 10.1 Å². The molecule has 2 aliphatic heterocycles. The summed E-state index contributed by atoms with van der Waals surface area (Å²) < 4.78 is 5.76. The monoisotopic (exact) mass is 404 g/mol. The number of amides is 1. The van der Waals surface area contributed by atoms with Gasteiger partial charge in [0.1, 0.15) is 11.6 Å². The number of allylic oxidation sites excluding steroid dienone is 1. The second kappa shape index (κ2) is 9.27. The van der Waals surface area contributed by atoms with E-state index >= 15 is 0 Å². The van der Waals surface area contributed by atoms with E-state index in [0.717, 1.165) is 31.6 Å². The van der Waals surface area contributed by atoms with Crippen LogP contribution in [0.15, 0.2) is 42.4 Å². The Morgan fingerprint density at radius 3 is 2.87 bits per heavy atom. The Kier molecular flexibility index (Phi) is 6.09. The van der Waals surface area contributed by atoms with Crippen LogP contribution in [0.5, 0.6) is 5.75 Å². The van der Waals surface area contributed by atoms with Crippen molar-refractivity contribution in [2.24, 2.45) is 0 Å². The zero-order chi connectivity index (χ0) is 20.8. The molecule has 3 heterocycles. The Morgan fingerprint density at radius 2 is 2.07 bits per heavy atom. The predicted molar refractivity (Wildman–Crippen MR) is 113 cm³/mol. The molecule has 1 aromatic carbocycles. The van der Waals surface area contributed by atoms with Crippen molar-refractivity contribution in [1.82, 2.24) is 14.9 Å². The molecule has 8 nitrogen and oxygen atoms in total. The lowest BCUT2D eigenvalue weighted by molar-refractivity contribution is -0.132. The third kappa shape index (κ3) is 4.51. The van der Waals surface area contributed by atoms with Crippen molar-refractivity contribution in [3.05, 3.63) is 48.1 Å². The van der Waals surface area contributed by atoms with Crippen molar-refractivity contribution in [3.63, 3.8) is 0 Å². The van der Waals surface area contributed by atoms with Crippen LogP contribution in [0.4, 0.5) is 11.6 Å². The van der Waals surface area contributed by atoms with Crippen molar-refractivity contribution >= 4 is 23.1 Å². The number of aromatic nitrogens is 2. The number of likely N-dealkylation sites (tertiary alicyclic amines) is 1. The second-order valence-corrected chi connectivity index (χ2v) is 7.28. The van der Waals surface area contributed by atoms with Gasteiger partial charge in [0.2, 0.25) is 17.7 Å². The van der Waals surface area contributed by atoms with Crippen LogP contribution in [-0.2, 0) is 4.79 Å². The quantitative estimate of drug-likeness (QED) is 0.562. The molecular weight excluding hydrogens is 380 g/mol. The van der Waals surface area contributed by atoms with Crippen LogP contribution in [0.3, 0.4) is 0 Å². The molecule has 1 fully saturated rings. The van der Waals surface area contributed by atoms with Gasteiger partial charge in [-0.1, -0.05) is 12.1 Å². The smallest absolute Gasteiger partial charge is 0.223 e. The minimum atomic E-state index is 0.215. The first-order chi connectivity index (χ1) is 14.7. The first-order valence-corrected chi connectivity index (χ1v) is 10.3.